The van der Waals surface area contributed by atoms with Crippen molar-refractivity contribution in [2.75, 3.05) is 26.0 Å². The predicted molar refractivity (Wildman–Crippen MR) is 128 cm³/mol. The van der Waals surface area contributed by atoms with Crippen LogP contribution >= 0.6 is 0 Å². The number of fused-ring (bicyclic) bond motifs is 3. The molecule has 0 fully saturated rings. The molecule has 11 heteroatoms. The van der Waals surface area contributed by atoms with Crippen molar-refractivity contribution in [1.29, 1.82) is 0 Å². The minimum Gasteiger partial charge on any atom is -0.510 e. The number of carbonyl (C=O) groups is 3. The summed E-state index contributed by atoms with van der Waals surface area (Å²) >= 11 is 0. The number of nitrogens with one attached hydrogen (secondary N) is 1. The summed E-state index contributed by atoms with van der Waals surface area (Å²) in [6.45, 7) is 5.55. The summed E-state index contributed by atoms with van der Waals surface area (Å²) in [6, 6.07) is 1.89. The number of likely N-dealkylation sites (N-methyl/N-ethyl adjacent to an activating group) is 1. The molecule has 8 N–H and O–H groups in total. The van der Waals surface area contributed by atoms with Gasteiger partial charge in [0.15, 0.2) is 11.4 Å². The molecule has 3 aliphatic rings. The van der Waals surface area contributed by atoms with E-state index >= 15 is 0 Å². The molecule has 0 unspecified atom stereocenters. The second-order valence-electron chi connectivity index (χ2n) is 9.65. The molecule has 0 saturated heterocycles. The van der Waals surface area contributed by atoms with E-state index < -0.39 is 81.4 Å². The lowest BCUT2D eigenvalue weighted by molar-refractivity contribution is -0.162. The van der Waals surface area contributed by atoms with Gasteiger partial charge in [-0.3, -0.25) is 19.3 Å². The predicted octanol–water partition coefficient (Wildman–Crippen LogP) is 0.250. The van der Waals surface area contributed by atoms with E-state index in [0.29, 0.717) is 12.1 Å². The Morgan fingerprint density at radius 1 is 1.25 bits per heavy atom. The van der Waals surface area contributed by atoms with Crippen molar-refractivity contribution in [3.63, 3.8) is 0 Å². The fraction of sp³-hybridized carbons (Fsp3) is 0.400. The number of phenols is 1. The monoisotopic (exact) mass is 499 g/mol. The van der Waals surface area contributed by atoms with E-state index in [2.05, 4.69) is 11.9 Å². The number of hydrogen-bond donors (Lipinski definition) is 7. The molecule has 1 amide bonds. The Morgan fingerprint density at radius 2 is 1.89 bits per heavy atom. The van der Waals surface area contributed by atoms with Crippen LogP contribution in [0.3, 0.4) is 0 Å². The smallest absolute Gasteiger partial charge is 0.255 e. The topological polar surface area (TPSA) is 194 Å². The molecule has 192 valence electrons. The number of ketones is 2. The van der Waals surface area contributed by atoms with Crippen LogP contribution in [0.2, 0.25) is 0 Å². The van der Waals surface area contributed by atoms with Gasteiger partial charge in [-0.15, -0.1) is 6.58 Å². The highest BCUT2D eigenvalue weighted by molar-refractivity contribution is 6.25. The lowest BCUT2D eigenvalue weighted by Gasteiger charge is -2.53. The van der Waals surface area contributed by atoms with Gasteiger partial charge in [0.25, 0.3) is 5.91 Å². The fourth-order valence-electron chi connectivity index (χ4n) is 5.95. The number of aromatic hydroxyl groups is 1. The van der Waals surface area contributed by atoms with Crippen molar-refractivity contribution < 1.29 is 39.9 Å². The van der Waals surface area contributed by atoms with E-state index in [4.69, 9.17) is 5.73 Å². The van der Waals surface area contributed by atoms with Gasteiger partial charge in [0.2, 0.25) is 5.78 Å². The minimum absolute atomic E-state index is 0.149. The summed E-state index contributed by atoms with van der Waals surface area (Å²) < 4.78 is 0. The zero-order chi connectivity index (χ0) is 26.9. The van der Waals surface area contributed by atoms with Gasteiger partial charge < -0.3 is 36.6 Å². The Labute approximate surface area is 206 Å². The van der Waals surface area contributed by atoms with Crippen LogP contribution in [0.15, 0.2) is 47.5 Å². The SMILES string of the molecule is C=CCNc1ccc2c(c1O)C(=O)C1=C(O)[C@]3(O)C(=O)C(C(N)=O)=C(O)[C@@H](N(C)C)[C@@H]3[C@@H](O)[C@@H]1[C@H]2C. The van der Waals surface area contributed by atoms with Crippen molar-refractivity contribution in [2.45, 2.75) is 30.6 Å². The first-order chi connectivity index (χ1) is 16.8. The number of nitrogens with zero attached hydrogens (tertiary/aromatic N) is 1. The molecule has 1 aromatic rings. The molecule has 36 heavy (non-hydrogen) atoms. The number of primary amides is 1. The number of aliphatic hydroxyl groups excluding tert-OH is 3. The van der Waals surface area contributed by atoms with Crippen molar-refractivity contribution >= 4 is 23.2 Å². The molecule has 0 saturated carbocycles. The number of benzene rings is 1. The number of amides is 1. The molecular weight excluding hydrogens is 470 g/mol. The van der Waals surface area contributed by atoms with Gasteiger partial charge in [-0.05, 0) is 31.6 Å². The van der Waals surface area contributed by atoms with Crippen LogP contribution < -0.4 is 11.1 Å². The van der Waals surface area contributed by atoms with Crippen molar-refractivity contribution in [3.8, 4) is 5.75 Å². The van der Waals surface area contributed by atoms with E-state index in [1.165, 1.54) is 19.0 Å². The summed E-state index contributed by atoms with van der Waals surface area (Å²) in [5.41, 5.74) is 1.47. The summed E-state index contributed by atoms with van der Waals surface area (Å²) in [5, 5.41) is 59.1. The Bertz CT molecular complexity index is 1270. The largest absolute Gasteiger partial charge is 0.510 e. The normalized spacial score (nSPS) is 31.7. The zero-order valence-electron chi connectivity index (χ0n) is 20.0. The van der Waals surface area contributed by atoms with Crippen LogP contribution in [0.4, 0.5) is 5.69 Å². The molecule has 4 rings (SSSR count). The molecule has 1 aromatic carbocycles. The molecule has 0 aliphatic heterocycles. The van der Waals surface area contributed by atoms with Gasteiger partial charge in [-0.2, -0.15) is 0 Å². The standard InChI is InChI=1S/C25H29N3O8/c1-5-8-27-11-7-6-10-9(2)12-14(19(30)13(10)18(11)29)22(33)25(36)16(20(12)31)17(28(3)4)21(32)15(23(25)34)24(26)35/h5-7,9,12,16-17,20,27,29,31-33,36H,1,8H2,2-4H3,(H2,26,35)/t9-,12+,16+,17-,20-,25-/m0/s1. The number of Topliss-reactive ketones (excluding diaryl/α,β-unsaturated/α-hetero) is 2. The van der Waals surface area contributed by atoms with E-state index in [9.17, 15) is 39.9 Å². The van der Waals surface area contributed by atoms with Crippen molar-refractivity contribution in [1.82, 2.24) is 4.90 Å². The van der Waals surface area contributed by atoms with Crippen LogP contribution in [-0.4, -0.2) is 86.3 Å². The first-order valence-electron chi connectivity index (χ1n) is 11.4. The molecule has 3 aliphatic carbocycles. The second kappa shape index (κ2) is 8.47. The lowest BCUT2D eigenvalue weighted by atomic mass is 9.55. The number of rotatable bonds is 5. The number of phenolic OH excluding ortho intramolecular Hbond substituents is 1. The Balaban J connectivity index is 2.00. The van der Waals surface area contributed by atoms with Crippen LogP contribution in [0.5, 0.6) is 5.75 Å². The van der Waals surface area contributed by atoms with E-state index in [-0.39, 0.29) is 11.3 Å². The minimum atomic E-state index is -2.93. The van der Waals surface area contributed by atoms with Gasteiger partial charge >= 0.3 is 0 Å². The first-order valence-corrected chi connectivity index (χ1v) is 11.4. The van der Waals surface area contributed by atoms with Gasteiger partial charge in [0.05, 0.1) is 29.3 Å². The van der Waals surface area contributed by atoms with Gasteiger partial charge in [-0.25, -0.2) is 0 Å². The molecule has 0 aromatic heterocycles. The third kappa shape index (κ3) is 3.13. The van der Waals surface area contributed by atoms with Crippen molar-refractivity contribution in [2.24, 2.45) is 17.6 Å². The Kier molecular flexibility index (Phi) is 5.98. The van der Waals surface area contributed by atoms with E-state index in [1.54, 1.807) is 25.1 Å². The molecule has 0 heterocycles. The molecule has 0 spiro atoms. The Morgan fingerprint density at radius 3 is 2.44 bits per heavy atom. The number of carbonyl (C=O) groups excluding carboxylic acids is 3. The van der Waals surface area contributed by atoms with Crippen LogP contribution in [0.25, 0.3) is 0 Å². The number of hydrogen-bond acceptors (Lipinski definition) is 10. The maximum absolute atomic E-state index is 13.7. The highest BCUT2D eigenvalue weighted by Crippen LogP contribution is 2.55. The number of anilines is 1. The lowest BCUT2D eigenvalue weighted by Crippen LogP contribution is -2.68. The molecular formula is C25H29N3O8. The summed E-state index contributed by atoms with van der Waals surface area (Å²) in [4.78, 5) is 40.5. The number of aliphatic hydroxyl groups is 4. The second-order valence-corrected chi connectivity index (χ2v) is 9.65. The van der Waals surface area contributed by atoms with Gasteiger partial charge in [0.1, 0.15) is 22.8 Å². The van der Waals surface area contributed by atoms with Gasteiger partial charge in [-0.1, -0.05) is 19.1 Å². The highest BCUT2D eigenvalue weighted by atomic mass is 16.4. The third-order valence-corrected chi connectivity index (χ3v) is 7.57. The molecule has 11 nitrogen and oxygen atoms in total. The zero-order valence-corrected chi connectivity index (χ0v) is 20.0. The summed E-state index contributed by atoms with van der Waals surface area (Å²) in [7, 11) is 2.97. The first kappa shape index (κ1) is 25.4. The van der Waals surface area contributed by atoms with Crippen LogP contribution in [-0.2, 0) is 9.59 Å². The van der Waals surface area contributed by atoms with E-state index in [1.807, 2.05) is 0 Å². The average molecular weight is 500 g/mol. The van der Waals surface area contributed by atoms with Gasteiger partial charge in [0, 0.05) is 18.0 Å². The third-order valence-electron chi connectivity index (χ3n) is 7.57. The molecule has 0 bridgehead atoms. The molecule has 6 atom stereocenters. The number of nitrogens with two attached hydrogens (primary N) is 1. The Hall–Kier alpha value is -3.67. The van der Waals surface area contributed by atoms with Crippen LogP contribution in [0.1, 0.15) is 28.8 Å². The summed E-state index contributed by atoms with van der Waals surface area (Å²) in [5.74, 6) is -9.13. The average Bonchev–Trinajstić information content (AvgIpc) is 2.80. The quantitative estimate of drug-likeness (QED) is 0.168. The highest BCUT2D eigenvalue weighted by Gasteiger charge is 2.67. The van der Waals surface area contributed by atoms with Crippen LogP contribution in [0, 0.1) is 11.8 Å². The maximum Gasteiger partial charge on any atom is 0.255 e. The van der Waals surface area contributed by atoms with E-state index in [0.717, 1.165) is 0 Å². The fourth-order valence-corrected chi connectivity index (χ4v) is 5.95. The molecule has 0 radical (unpaired) electrons. The van der Waals surface area contributed by atoms with Crippen molar-refractivity contribution in [3.05, 3.63) is 58.6 Å². The maximum atomic E-state index is 13.7. The summed E-state index contributed by atoms with van der Waals surface area (Å²) in [6.07, 6.45) is -0.0719.